The molecule has 5 rings (SSSR count). The third-order valence-electron chi connectivity index (χ3n) is 16.8. The van der Waals surface area contributed by atoms with Gasteiger partial charge in [-0.25, -0.2) is 0 Å². The second-order valence-corrected chi connectivity index (χ2v) is 26.4. The van der Waals surface area contributed by atoms with E-state index in [0.717, 1.165) is 67.6 Å². The Balaban J connectivity index is 1.38. The number of carbonyl (C=O) groups is 3. The fourth-order valence-electron chi connectivity index (χ4n) is 12.0. The van der Waals surface area contributed by atoms with E-state index in [1.54, 1.807) is 12.1 Å². The molecule has 0 aromatic heterocycles. The minimum Gasteiger partial charge on any atom is -0.507 e. The van der Waals surface area contributed by atoms with Gasteiger partial charge in [-0.2, -0.15) is 0 Å². The summed E-state index contributed by atoms with van der Waals surface area (Å²) in [6.45, 7) is 32.7. The zero-order valence-corrected chi connectivity index (χ0v) is 47.0. The highest BCUT2D eigenvalue weighted by Crippen LogP contribution is 2.46. The summed E-state index contributed by atoms with van der Waals surface area (Å²) in [4.78, 5) is 48.7. The summed E-state index contributed by atoms with van der Waals surface area (Å²) < 4.78 is 25.4. The van der Waals surface area contributed by atoms with Crippen LogP contribution >= 0.6 is 0 Å². The smallest absolute Gasteiger partial charge is 0.324 e. The average Bonchev–Trinajstić information content (AvgIpc) is 3.24. The molecule has 0 unspecified atom stereocenters. The highest BCUT2D eigenvalue weighted by molar-refractivity contribution is 6.00. The summed E-state index contributed by atoms with van der Waals surface area (Å²) in [6, 6.07) is 11.3. The van der Waals surface area contributed by atoms with Gasteiger partial charge in [-0.1, -0.05) is 92.7 Å². The van der Waals surface area contributed by atoms with Gasteiger partial charge in [0.1, 0.15) is 29.5 Å². The highest BCUT2D eigenvalue weighted by atomic mass is 16.6. The number of benzene rings is 2. The van der Waals surface area contributed by atoms with Gasteiger partial charge in [0.05, 0.1) is 12.5 Å². The molecule has 2 aliphatic heterocycles. The van der Waals surface area contributed by atoms with Crippen molar-refractivity contribution in [2.75, 3.05) is 20.7 Å². The van der Waals surface area contributed by atoms with Gasteiger partial charge in [-0.15, -0.1) is 0 Å². The summed E-state index contributed by atoms with van der Waals surface area (Å²) in [5, 5.41) is 11.8. The van der Waals surface area contributed by atoms with E-state index in [1.165, 1.54) is 12.8 Å². The average molecular weight is 973 g/mol. The third-order valence-corrected chi connectivity index (χ3v) is 16.8. The molecular formula is C60H96N2O8. The van der Waals surface area contributed by atoms with Gasteiger partial charge in [0.15, 0.2) is 5.41 Å². The normalized spacial score (nSPS) is 22.3. The summed E-state index contributed by atoms with van der Waals surface area (Å²) in [6.07, 6.45) is 11.5. The van der Waals surface area contributed by atoms with Crippen molar-refractivity contribution in [1.82, 2.24) is 9.80 Å². The Kier molecular flexibility index (Phi) is 18.2. The number of carbonyl (C=O) groups excluding carboxylic acids is 3. The van der Waals surface area contributed by atoms with Crippen LogP contribution in [-0.4, -0.2) is 87.9 Å². The van der Waals surface area contributed by atoms with Crippen LogP contribution in [0.3, 0.4) is 0 Å². The molecule has 0 bridgehead atoms. The topological polar surface area (TPSA) is 115 Å². The van der Waals surface area contributed by atoms with Crippen LogP contribution in [0.2, 0.25) is 0 Å². The lowest BCUT2D eigenvalue weighted by atomic mass is 9.73. The maximum Gasteiger partial charge on any atom is 0.324 e. The van der Waals surface area contributed by atoms with Crippen LogP contribution in [0.4, 0.5) is 0 Å². The van der Waals surface area contributed by atoms with Crippen LogP contribution in [0.1, 0.15) is 217 Å². The van der Waals surface area contributed by atoms with Crippen LogP contribution in [0.25, 0.3) is 0 Å². The lowest BCUT2D eigenvalue weighted by Crippen LogP contribution is -2.61. The fraction of sp³-hybridized carbons (Fsp3) is 0.750. The van der Waals surface area contributed by atoms with Crippen molar-refractivity contribution in [2.45, 2.75) is 252 Å². The SMILES string of the molecule is CCCC1CCC(C(=O)Oc2ccc(OCCCCCCC(Cc3cc(C(C)(C)C)c(O)c(C(C)(C)C)c3)(C(=O)OC3CC(C)(C)N(C)C(C)(C)C3)C(=O)OC3CC(C)(C)N(C)C(C)(C)C3)cc2)CC1. The lowest BCUT2D eigenvalue weighted by Gasteiger charge is -2.53. The molecule has 0 amide bonds. The zero-order valence-electron chi connectivity index (χ0n) is 47.0. The molecule has 3 fully saturated rings. The standard InChI is InChI=1S/C60H96N2O8/c1-18-23-41-24-26-43(27-25-41)51(64)68-45-30-28-44(29-31-45)67-33-22-20-19-21-32-60(52(65)69-46-37-56(8,9)61(16)57(10,11)38-46,53(66)70-47-39-58(12,13)62(17)59(14,15)40-47)36-42-34-48(54(2,3)4)50(63)49(35-42)55(5,6)7/h28-31,34-35,41,43,46-47,63H,18-27,32-33,36-40H2,1-17H3. The van der Waals surface area contributed by atoms with E-state index in [2.05, 4.69) is 128 Å². The molecule has 3 aliphatic rings. The minimum atomic E-state index is -1.65. The van der Waals surface area contributed by atoms with Crippen molar-refractivity contribution < 1.29 is 38.4 Å². The number of unbranched alkanes of at least 4 members (excludes halogenated alkanes) is 3. The molecule has 0 atom stereocenters. The number of hydrogen-bond acceptors (Lipinski definition) is 10. The lowest BCUT2D eigenvalue weighted by molar-refractivity contribution is -0.188. The van der Waals surface area contributed by atoms with Gasteiger partial charge in [0.2, 0.25) is 0 Å². The van der Waals surface area contributed by atoms with E-state index in [4.69, 9.17) is 18.9 Å². The van der Waals surface area contributed by atoms with Crippen molar-refractivity contribution in [1.29, 1.82) is 0 Å². The van der Waals surface area contributed by atoms with Crippen LogP contribution in [0.5, 0.6) is 17.2 Å². The number of likely N-dealkylation sites (tertiary alicyclic amines) is 2. The van der Waals surface area contributed by atoms with Crippen molar-refractivity contribution >= 4 is 17.9 Å². The van der Waals surface area contributed by atoms with E-state index >= 15 is 9.59 Å². The Labute approximate surface area is 424 Å². The van der Waals surface area contributed by atoms with Gasteiger partial charge in [-0.05, 0) is 172 Å². The van der Waals surface area contributed by atoms with E-state index < -0.39 is 40.4 Å². The number of piperidine rings is 2. The number of esters is 3. The number of ether oxygens (including phenoxy) is 4. The number of rotatable bonds is 18. The first-order chi connectivity index (χ1) is 32.3. The predicted molar refractivity (Wildman–Crippen MR) is 283 cm³/mol. The number of hydrogen-bond donors (Lipinski definition) is 1. The number of phenols is 1. The molecule has 2 aromatic carbocycles. The summed E-state index contributed by atoms with van der Waals surface area (Å²) in [7, 11) is 4.27. The Bertz CT molecular complexity index is 1950. The first-order valence-corrected chi connectivity index (χ1v) is 27.0. The van der Waals surface area contributed by atoms with E-state index in [9.17, 15) is 9.90 Å². The van der Waals surface area contributed by atoms with E-state index in [1.807, 2.05) is 24.3 Å². The number of aromatic hydroxyl groups is 1. The Morgan fingerprint density at radius 3 is 1.50 bits per heavy atom. The van der Waals surface area contributed by atoms with Gasteiger partial charge >= 0.3 is 17.9 Å². The molecule has 2 aromatic rings. The minimum absolute atomic E-state index is 0.0288. The molecule has 394 valence electrons. The second kappa shape index (κ2) is 22.2. The third kappa shape index (κ3) is 14.1. The zero-order chi connectivity index (χ0) is 52.3. The molecule has 2 saturated heterocycles. The molecule has 2 heterocycles. The molecule has 0 spiro atoms. The van der Waals surface area contributed by atoms with Crippen molar-refractivity contribution in [3.05, 3.63) is 53.1 Å². The van der Waals surface area contributed by atoms with E-state index in [0.29, 0.717) is 50.2 Å². The molecule has 10 heteroatoms. The maximum absolute atomic E-state index is 15.5. The van der Waals surface area contributed by atoms with Gasteiger partial charge in [0.25, 0.3) is 0 Å². The molecule has 1 saturated carbocycles. The van der Waals surface area contributed by atoms with E-state index in [-0.39, 0.29) is 52.6 Å². The van der Waals surface area contributed by atoms with Crippen LogP contribution < -0.4 is 9.47 Å². The molecule has 70 heavy (non-hydrogen) atoms. The van der Waals surface area contributed by atoms with Crippen LogP contribution in [-0.2, 0) is 41.1 Å². The second-order valence-electron chi connectivity index (χ2n) is 26.4. The fourth-order valence-corrected chi connectivity index (χ4v) is 12.0. The summed E-state index contributed by atoms with van der Waals surface area (Å²) in [5.74, 6) is 1.03. The predicted octanol–water partition coefficient (Wildman–Crippen LogP) is 13.4. The molecular weight excluding hydrogens is 877 g/mol. The monoisotopic (exact) mass is 973 g/mol. The molecule has 10 nitrogen and oxygen atoms in total. The largest absolute Gasteiger partial charge is 0.507 e. The van der Waals surface area contributed by atoms with Crippen molar-refractivity contribution in [3.8, 4) is 17.2 Å². The molecule has 1 aliphatic carbocycles. The highest BCUT2D eigenvalue weighted by Gasteiger charge is 2.54. The van der Waals surface area contributed by atoms with Crippen molar-refractivity contribution in [2.24, 2.45) is 17.3 Å². The molecule has 0 radical (unpaired) electrons. The van der Waals surface area contributed by atoms with Crippen LogP contribution in [0, 0.1) is 17.3 Å². The summed E-state index contributed by atoms with van der Waals surface area (Å²) >= 11 is 0. The Morgan fingerprint density at radius 1 is 0.643 bits per heavy atom. The summed E-state index contributed by atoms with van der Waals surface area (Å²) in [5.41, 5.74) is -1.09. The first kappa shape index (κ1) is 57.3. The maximum atomic E-state index is 15.5. The van der Waals surface area contributed by atoms with Crippen molar-refractivity contribution in [3.63, 3.8) is 0 Å². The van der Waals surface area contributed by atoms with Gasteiger partial charge in [0, 0.05) is 47.8 Å². The first-order valence-electron chi connectivity index (χ1n) is 27.0. The quantitative estimate of drug-likeness (QED) is 0.0670. The Morgan fingerprint density at radius 2 is 1.07 bits per heavy atom. The van der Waals surface area contributed by atoms with Crippen LogP contribution in [0.15, 0.2) is 36.4 Å². The molecule has 1 N–H and O–H groups in total. The Hall–Kier alpha value is -3.63. The van der Waals surface area contributed by atoms with Gasteiger partial charge in [-0.3, -0.25) is 24.2 Å². The van der Waals surface area contributed by atoms with Gasteiger partial charge < -0.3 is 24.1 Å². The number of phenolic OH excluding ortho intramolecular Hbond substituents is 1. The number of nitrogens with zero attached hydrogens (tertiary/aromatic N) is 2.